The lowest BCUT2D eigenvalue weighted by atomic mass is 9.98. The van der Waals surface area contributed by atoms with E-state index in [1.54, 1.807) is 0 Å². The standard InChI is InChI=1S/C12H10F5NO4.ClH/c1-20-8-3-2-6(22-12(15,16)17)4-7(8)9-11(13,14)5-21-10(19)18-9;/h2-4,9H,5H2,1H3,(H,18,19);1H/t9-;/m0./s1. The van der Waals surface area contributed by atoms with Crippen molar-refractivity contribution < 1.29 is 41.0 Å². The molecule has 0 radical (unpaired) electrons. The number of ether oxygens (including phenoxy) is 3. The van der Waals surface area contributed by atoms with Gasteiger partial charge in [0.05, 0.1) is 7.11 Å². The summed E-state index contributed by atoms with van der Waals surface area (Å²) in [5, 5.41) is 1.86. The van der Waals surface area contributed by atoms with E-state index in [1.807, 2.05) is 5.32 Å². The number of nitrogens with one attached hydrogen (secondary N) is 1. The molecule has 1 amide bonds. The van der Waals surface area contributed by atoms with E-state index in [2.05, 4.69) is 9.47 Å². The minimum Gasteiger partial charge on any atom is -0.496 e. The zero-order valence-electron chi connectivity index (χ0n) is 11.4. The van der Waals surface area contributed by atoms with Crippen LogP contribution >= 0.6 is 12.4 Å². The Balaban J connectivity index is 0.00000264. The molecule has 0 aliphatic carbocycles. The second kappa shape index (κ2) is 6.65. The lowest BCUT2D eigenvalue weighted by Gasteiger charge is -2.32. The molecule has 11 heteroatoms. The van der Waals surface area contributed by atoms with Gasteiger partial charge in [-0.15, -0.1) is 25.6 Å². The van der Waals surface area contributed by atoms with Crippen molar-refractivity contribution in [3.05, 3.63) is 23.8 Å². The lowest BCUT2D eigenvalue weighted by Crippen LogP contribution is -2.49. The van der Waals surface area contributed by atoms with Crippen molar-refractivity contribution in [2.45, 2.75) is 18.3 Å². The first-order chi connectivity index (χ1) is 10.1. The maximum Gasteiger partial charge on any atom is 0.573 e. The molecule has 1 N–H and O–H groups in total. The van der Waals surface area contributed by atoms with Gasteiger partial charge in [-0.05, 0) is 18.2 Å². The Morgan fingerprint density at radius 3 is 2.57 bits per heavy atom. The molecule has 1 atom stereocenters. The summed E-state index contributed by atoms with van der Waals surface area (Å²) in [5.41, 5.74) is -0.356. The summed E-state index contributed by atoms with van der Waals surface area (Å²) in [7, 11) is 1.16. The fourth-order valence-corrected chi connectivity index (χ4v) is 1.95. The number of rotatable bonds is 3. The predicted octanol–water partition coefficient (Wildman–Crippen LogP) is 3.43. The van der Waals surface area contributed by atoms with E-state index in [-0.39, 0.29) is 23.7 Å². The molecule has 0 spiro atoms. The van der Waals surface area contributed by atoms with Crippen molar-refractivity contribution in [2.24, 2.45) is 0 Å². The number of benzene rings is 1. The number of halogens is 6. The molecule has 1 aromatic carbocycles. The molecule has 1 fully saturated rings. The summed E-state index contributed by atoms with van der Waals surface area (Å²) in [6.07, 6.45) is -6.09. The number of hydrogen-bond donors (Lipinski definition) is 1. The third-order valence-corrected chi connectivity index (χ3v) is 2.83. The Kier molecular flexibility index (Phi) is 5.51. The highest BCUT2D eigenvalue weighted by atomic mass is 35.5. The molecule has 0 unspecified atom stereocenters. The largest absolute Gasteiger partial charge is 0.573 e. The summed E-state index contributed by atoms with van der Waals surface area (Å²) in [5.74, 6) is -4.36. The quantitative estimate of drug-likeness (QED) is 0.836. The Morgan fingerprint density at radius 1 is 1.35 bits per heavy atom. The zero-order valence-corrected chi connectivity index (χ0v) is 12.3. The van der Waals surface area contributed by atoms with Crippen molar-refractivity contribution in [1.29, 1.82) is 0 Å². The maximum atomic E-state index is 13.9. The minimum atomic E-state index is -4.98. The SMILES string of the molecule is COc1ccc(OC(F)(F)F)cc1[C@@H]1NC(=O)OCC1(F)F.Cl. The molecule has 5 nitrogen and oxygen atoms in total. The van der Waals surface area contributed by atoms with E-state index in [0.717, 1.165) is 25.3 Å². The van der Waals surface area contributed by atoms with Gasteiger partial charge in [0.1, 0.15) is 17.5 Å². The van der Waals surface area contributed by atoms with Gasteiger partial charge in [-0.2, -0.15) is 0 Å². The van der Waals surface area contributed by atoms with Gasteiger partial charge >= 0.3 is 18.4 Å². The first kappa shape index (κ1) is 19.1. The number of carbonyl (C=O) groups is 1. The monoisotopic (exact) mass is 363 g/mol. The highest BCUT2D eigenvalue weighted by Gasteiger charge is 2.48. The second-order valence-electron chi connectivity index (χ2n) is 4.37. The topological polar surface area (TPSA) is 56.8 Å². The smallest absolute Gasteiger partial charge is 0.496 e. The van der Waals surface area contributed by atoms with Crippen LogP contribution in [0.3, 0.4) is 0 Å². The molecule has 130 valence electrons. The summed E-state index contributed by atoms with van der Waals surface area (Å²) < 4.78 is 77.1. The van der Waals surface area contributed by atoms with Crippen LogP contribution in [0.4, 0.5) is 26.7 Å². The fraction of sp³-hybridized carbons (Fsp3) is 0.417. The third kappa shape index (κ3) is 4.50. The van der Waals surface area contributed by atoms with Gasteiger partial charge in [-0.25, -0.2) is 13.6 Å². The van der Waals surface area contributed by atoms with E-state index in [0.29, 0.717) is 0 Å². The first-order valence-corrected chi connectivity index (χ1v) is 5.87. The Labute approximate surface area is 133 Å². The number of cyclic esters (lactones) is 1. The molecule has 1 saturated heterocycles. The van der Waals surface area contributed by atoms with Crippen LogP contribution in [0.1, 0.15) is 11.6 Å². The molecular weight excluding hydrogens is 353 g/mol. The van der Waals surface area contributed by atoms with Crippen LogP contribution in [0.5, 0.6) is 11.5 Å². The van der Waals surface area contributed by atoms with Gasteiger partial charge in [0.25, 0.3) is 0 Å². The number of alkyl halides is 5. The van der Waals surface area contributed by atoms with Crippen LogP contribution in [0.2, 0.25) is 0 Å². The fourth-order valence-electron chi connectivity index (χ4n) is 1.95. The van der Waals surface area contributed by atoms with Gasteiger partial charge < -0.3 is 19.5 Å². The molecule has 1 aromatic rings. The molecule has 1 aliphatic heterocycles. The summed E-state index contributed by atoms with van der Waals surface area (Å²) in [4.78, 5) is 11.1. The normalized spacial score (nSPS) is 19.9. The number of alkyl carbamates (subject to hydrolysis) is 1. The molecule has 1 heterocycles. The first-order valence-electron chi connectivity index (χ1n) is 5.87. The molecule has 0 aromatic heterocycles. The predicted molar refractivity (Wildman–Crippen MR) is 69.1 cm³/mol. The summed E-state index contributed by atoms with van der Waals surface area (Å²) in [6.45, 7) is -1.20. The van der Waals surface area contributed by atoms with Crippen molar-refractivity contribution in [3.8, 4) is 11.5 Å². The number of hydrogen-bond acceptors (Lipinski definition) is 4. The van der Waals surface area contributed by atoms with Crippen molar-refractivity contribution >= 4 is 18.5 Å². The number of methoxy groups -OCH3 is 1. The Morgan fingerprint density at radius 2 is 2.00 bits per heavy atom. The maximum absolute atomic E-state index is 13.9. The third-order valence-electron chi connectivity index (χ3n) is 2.83. The molecule has 1 aliphatic rings. The molecule has 2 rings (SSSR count). The van der Waals surface area contributed by atoms with Crippen LogP contribution in [-0.2, 0) is 4.74 Å². The van der Waals surface area contributed by atoms with E-state index in [9.17, 15) is 26.7 Å². The van der Waals surface area contributed by atoms with Gasteiger partial charge in [0.15, 0.2) is 6.61 Å². The Bertz CT molecular complexity index is 581. The van der Waals surface area contributed by atoms with Gasteiger partial charge in [-0.1, -0.05) is 0 Å². The molecule has 0 saturated carbocycles. The van der Waals surface area contributed by atoms with E-state index in [1.165, 1.54) is 0 Å². The van der Waals surface area contributed by atoms with Crippen LogP contribution in [0.25, 0.3) is 0 Å². The zero-order chi connectivity index (χ0) is 16.5. The van der Waals surface area contributed by atoms with Gasteiger partial charge in [-0.3, -0.25) is 0 Å². The van der Waals surface area contributed by atoms with Crippen molar-refractivity contribution in [2.75, 3.05) is 13.7 Å². The average Bonchev–Trinajstić information content (AvgIpc) is 2.40. The summed E-state index contributed by atoms with van der Waals surface area (Å²) in [6, 6.07) is 0.778. The van der Waals surface area contributed by atoms with Gasteiger partial charge in [0.2, 0.25) is 0 Å². The van der Waals surface area contributed by atoms with Crippen molar-refractivity contribution in [1.82, 2.24) is 5.32 Å². The van der Waals surface area contributed by atoms with E-state index >= 15 is 0 Å². The Hall–Kier alpha value is -1.97. The highest BCUT2D eigenvalue weighted by Crippen LogP contribution is 2.40. The van der Waals surface area contributed by atoms with Crippen molar-refractivity contribution in [3.63, 3.8) is 0 Å². The van der Waals surface area contributed by atoms with Gasteiger partial charge in [0, 0.05) is 5.56 Å². The second-order valence-corrected chi connectivity index (χ2v) is 4.37. The molecule has 23 heavy (non-hydrogen) atoms. The summed E-state index contributed by atoms with van der Waals surface area (Å²) >= 11 is 0. The highest BCUT2D eigenvalue weighted by molar-refractivity contribution is 5.85. The van der Waals surface area contributed by atoms with E-state index < -0.39 is 36.8 Å². The average molecular weight is 364 g/mol. The van der Waals surface area contributed by atoms with Crippen LogP contribution in [0.15, 0.2) is 18.2 Å². The van der Waals surface area contributed by atoms with Crippen LogP contribution < -0.4 is 14.8 Å². The lowest BCUT2D eigenvalue weighted by molar-refractivity contribution is -0.274. The van der Waals surface area contributed by atoms with Crippen LogP contribution in [-0.4, -0.2) is 32.1 Å². The molecular formula is C12H11ClF5NO4. The molecule has 0 bridgehead atoms. The minimum absolute atomic E-state index is 0. The van der Waals surface area contributed by atoms with Crippen LogP contribution in [0, 0.1) is 0 Å². The van der Waals surface area contributed by atoms with E-state index in [4.69, 9.17) is 4.74 Å². The number of amides is 1. The number of carbonyl (C=O) groups excluding carboxylic acids is 1.